The SMILES string of the molecule is CC1CCC2(CC1)NC(=O)N(NC(=O)COC(=O)Cc1ccc3c(c1)CCCC3)C2=O. The number of fused-ring (bicyclic) bond motifs is 1. The van der Waals surface area contributed by atoms with Crippen LogP contribution >= 0.6 is 0 Å². The normalized spacial score (nSPS) is 25.2. The van der Waals surface area contributed by atoms with Crippen LogP contribution in [0.4, 0.5) is 4.79 Å². The predicted molar refractivity (Wildman–Crippen MR) is 112 cm³/mol. The van der Waals surface area contributed by atoms with E-state index in [1.165, 1.54) is 17.5 Å². The summed E-state index contributed by atoms with van der Waals surface area (Å²) in [6.45, 7) is 1.57. The molecule has 2 aliphatic carbocycles. The van der Waals surface area contributed by atoms with E-state index < -0.39 is 36.0 Å². The number of amides is 4. The zero-order chi connectivity index (χ0) is 22.0. The Labute approximate surface area is 181 Å². The maximum Gasteiger partial charge on any atom is 0.344 e. The third-order valence-electron chi connectivity index (χ3n) is 6.65. The number of urea groups is 1. The molecule has 1 saturated carbocycles. The highest BCUT2D eigenvalue weighted by atomic mass is 16.5. The molecule has 1 aliphatic heterocycles. The maximum absolute atomic E-state index is 12.8. The van der Waals surface area contributed by atoms with E-state index in [2.05, 4.69) is 23.7 Å². The zero-order valence-electron chi connectivity index (χ0n) is 17.9. The summed E-state index contributed by atoms with van der Waals surface area (Å²) in [7, 11) is 0. The summed E-state index contributed by atoms with van der Waals surface area (Å²) in [5, 5.41) is 3.45. The summed E-state index contributed by atoms with van der Waals surface area (Å²) in [5.41, 5.74) is 4.81. The van der Waals surface area contributed by atoms with Gasteiger partial charge in [-0.05, 0) is 74.0 Å². The van der Waals surface area contributed by atoms with Crippen molar-refractivity contribution in [3.05, 3.63) is 34.9 Å². The number of aryl methyl sites for hydroxylation is 2. The molecule has 31 heavy (non-hydrogen) atoms. The fraction of sp³-hybridized carbons (Fsp3) is 0.565. The van der Waals surface area contributed by atoms with Gasteiger partial charge in [0.2, 0.25) is 0 Å². The molecule has 2 fully saturated rings. The van der Waals surface area contributed by atoms with Crippen LogP contribution in [0.25, 0.3) is 0 Å². The molecule has 8 nitrogen and oxygen atoms in total. The molecule has 166 valence electrons. The Hall–Kier alpha value is -2.90. The number of esters is 1. The molecule has 0 atom stereocenters. The van der Waals surface area contributed by atoms with Crippen LogP contribution in [0.1, 0.15) is 62.1 Å². The van der Waals surface area contributed by atoms with Gasteiger partial charge in [0.05, 0.1) is 6.42 Å². The Morgan fingerprint density at radius 2 is 1.87 bits per heavy atom. The van der Waals surface area contributed by atoms with Crippen molar-refractivity contribution < 1.29 is 23.9 Å². The largest absolute Gasteiger partial charge is 0.455 e. The molecule has 0 aromatic heterocycles. The summed E-state index contributed by atoms with van der Waals surface area (Å²) in [5.74, 6) is -1.18. The monoisotopic (exact) mass is 427 g/mol. The summed E-state index contributed by atoms with van der Waals surface area (Å²) in [6.07, 6.45) is 7.32. The standard InChI is InChI=1S/C23H29N3O5/c1-15-8-10-23(11-9-15)21(29)26(22(30)24-23)25-19(27)14-31-20(28)13-16-6-7-17-4-2-3-5-18(17)12-16/h6-7,12,15H,2-5,8-11,13-14H2,1H3,(H,24,30)(H,25,27). The Morgan fingerprint density at radius 3 is 2.61 bits per heavy atom. The van der Waals surface area contributed by atoms with E-state index in [4.69, 9.17) is 4.74 Å². The first-order chi connectivity index (χ1) is 14.9. The molecule has 1 aromatic rings. The number of imide groups is 1. The molecule has 2 N–H and O–H groups in total. The Morgan fingerprint density at radius 1 is 1.16 bits per heavy atom. The Balaban J connectivity index is 1.27. The molecule has 0 unspecified atom stereocenters. The number of ether oxygens (including phenoxy) is 1. The highest BCUT2D eigenvalue weighted by Gasteiger charge is 2.52. The van der Waals surface area contributed by atoms with Crippen molar-refractivity contribution in [1.29, 1.82) is 0 Å². The second kappa shape index (κ2) is 8.69. The zero-order valence-corrected chi connectivity index (χ0v) is 17.9. The lowest BCUT2D eigenvalue weighted by Gasteiger charge is -2.33. The van der Waals surface area contributed by atoms with Gasteiger partial charge in [0.25, 0.3) is 11.8 Å². The molecule has 0 radical (unpaired) electrons. The predicted octanol–water partition coefficient (Wildman–Crippen LogP) is 2.18. The van der Waals surface area contributed by atoms with Crippen LogP contribution in [0, 0.1) is 5.92 Å². The summed E-state index contributed by atoms with van der Waals surface area (Å²) >= 11 is 0. The number of nitrogens with one attached hydrogen (secondary N) is 2. The van der Waals surface area contributed by atoms with Crippen molar-refractivity contribution in [1.82, 2.24) is 15.8 Å². The number of carbonyl (C=O) groups is 4. The van der Waals surface area contributed by atoms with E-state index in [9.17, 15) is 19.2 Å². The third kappa shape index (κ3) is 4.57. The van der Waals surface area contributed by atoms with Crippen LogP contribution < -0.4 is 10.7 Å². The molecular weight excluding hydrogens is 398 g/mol. The van der Waals surface area contributed by atoms with Gasteiger partial charge in [-0.15, -0.1) is 0 Å². The van der Waals surface area contributed by atoms with Crippen molar-refractivity contribution in [2.75, 3.05) is 6.61 Å². The van der Waals surface area contributed by atoms with Crippen LogP contribution in [0.2, 0.25) is 0 Å². The molecule has 0 bridgehead atoms. The molecule has 3 aliphatic rings. The molecule has 1 spiro atoms. The highest BCUT2D eigenvalue weighted by Crippen LogP contribution is 2.35. The lowest BCUT2D eigenvalue weighted by molar-refractivity contribution is -0.150. The Bertz CT molecular complexity index is 904. The molecular formula is C23H29N3O5. The molecule has 1 heterocycles. The first-order valence-corrected chi connectivity index (χ1v) is 11.1. The minimum atomic E-state index is -0.931. The van der Waals surface area contributed by atoms with Crippen LogP contribution in [0.15, 0.2) is 18.2 Å². The van der Waals surface area contributed by atoms with Gasteiger partial charge in [0.15, 0.2) is 6.61 Å². The van der Waals surface area contributed by atoms with Crippen molar-refractivity contribution in [2.45, 2.75) is 70.3 Å². The minimum Gasteiger partial charge on any atom is -0.455 e. The fourth-order valence-corrected chi connectivity index (χ4v) is 4.73. The van der Waals surface area contributed by atoms with Crippen molar-refractivity contribution in [2.24, 2.45) is 5.92 Å². The van der Waals surface area contributed by atoms with Crippen LogP contribution in [0.5, 0.6) is 0 Å². The van der Waals surface area contributed by atoms with Crippen molar-refractivity contribution in [3.8, 4) is 0 Å². The average Bonchev–Trinajstić information content (AvgIpc) is 2.98. The van der Waals surface area contributed by atoms with Crippen molar-refractivity contribution in [3.63, 3.8) is 0 Å². The van der Waals surface area contributed by atoms with Gasteiger partial charge >= 0.3 is 12.0 Å². The quantitative estimate of drug-likeness (QED) is 0.554. The number of carbonyl (C=O) groups excluding carboxylic acids is 4. The number of hydrazine groups is 1. The number of hydrogen-bond acceptors (Lipinski definition) is 5. The molecule has 8 heteroatoms. The van der Waals surface area contributed by atoms with Crippen LogP contribution in [0.3, 0.4) is 0 Å². The van der Waals surface area contributed by atoms with E-state index in [-0.39, 0.29) is 6.42 Å². The van der Waals surface area contributed by atoms with E-state index in [1.807, 2.05) is 12.1 Å². The number of nitrogens with zero attached hydrogens (tertiary/aromatic N) is 1. The number of rotatable bonds is 5. The molecule has 1 aromatic carbocycles. The van der Waals surface area contributed by atoms with Gasteiger partial charge in [-0.25, -0.2) is 4.79 Å². The fourth-order valence-electron chi connectivity index (χ4n) is 4.73. The maximum atomic E-state index is 12.8. The van der Waals surface area contributed by atoms with E-state index >= 15 is 0 Å². The summed E-state index contributed by atoms with van der Waals surface area (Å²) < 4.78 is 5.06. The lowest BCUT2D eigenvalue weighted by Crippen LogP contribution is -2.52. The summed E-state index contributed by atoms with van der Waals surface area (Å²) in [4.78, 5) is 49.4. The van der Waals surface area contributed by atoms with Gasteiger partial charge in [0.1, 0.15) is 5.54 Å². The topological polar surface area (TPSA) is 105 Å². The molecule has 4 amide bonds. The van der Waals surface area contributed by atoms with Crippen molar-refractivity contribution >= 4 is 23.8 Å². The number of benzene rings is 1. The van der Waals surface area contributed by atoms with Gasteiger partial charge in [-0.1, -0.05) is 25.1 Å². The summed E-state index contributed by atoms with van der Waals surface area (Å²) in [6, 6.07) is 5.37. The van der Waals surface area contributed by atoms with Gasteiger partial charge < -0.3 is 10.1 Å². The lowest BCUT2D eigenvalue weighted by atomic mass is 9.77. The molecule has 1 saturated heterocycles. The smallest absolute Gasteiger partial charge is 0.344 e. The van der Waals surface area contributed by atoms with Gasteiger partial charge in [0, 0.05) is 0 Å². The van der Waals surface area contributed by atoms with Gasteiger partial charge in [-0.3, -0.25) is 19.8 Å². The second-order valence-electron chi connectivity index (χ2n) is 9.02. The second-order valence-corrected chi connectivity index (χ2v) is 9.02. The minimum absolute atomic E-state index is 0.0744. The van der Waals surface area contributed by atoms with Gasteiger partial charge in [-0.2, -0.15) is 5.01 Å². The van der Waals surface area contributed by atoms with E-state index in [1.54, 1.807) is 0 Å². The first-order valence-electron chi connectivity index (χ1n) is 11.1. The highest BCUT2D eigenvalue weighted by molar-refractivity contribution is 6.08. The van der Waals surface area contributed by atoms with E-state index in [0.717, 1.165) is 42.7 Å². The average molecular weight is 428 g/mol. The number of hydrogen-bond donors (Lipinski definition) is 2. The first kappa shape index (κ1) is 21.3. The molecule has 4 rings (SSSR count). The van der Waals surface area contributed by atoms with Crippen LogP contribution in [-0.2, 0) is 38.4 Å². The van der Waals surface area contributed by atoms with Crippen LogP contribution in [-0.4, -0.2) is 41.0 Å². The third-order valence-corrected chi connectivity index (χ3v) is 6.65. The van der Waals surface area contributed by atoms with E-state index in [0.29, 0.717) is 18.8 Å². The Kier molecular flexibility index (Phi) is 5.98.